The molecule has 3 aromatic rings. The largest absolute Gasteiger partial charge is 0.480 e. The van der Waals surface area contributed by atoms with Crippen molar-refractivity contribution in [3.05, 3.63) is 54.2 Å². The van der Waals surface area contributed by atoms with E-state index < -0.39 is 54.5 Å². The second kappa shape index (κ2) is 13.5. The number of carbonyl (C=O) groups excluding carboxylic acids is 3. The maximum atomic E-state index is 13.4. The molecule has 13 nitrogen and oxygen atoms in total. The second-order valence-electron chi connectivity index (χ2n) is 9.78. The number of rotatable bonds is 14. The van der Waals surface area contributed by atoms with Crippen molar-refractivity contribution in [1.82, 2.24) is 30.9 Å². The Balaban J connectivity index is 1.74. The van der Waals surface area contributed by atoms with Gasteiger partial charge in [0.05, 0.1) is 19.0 Å². The normalized spacial score (nSPS) is 14.4. The second-order valence-corrected chi connectivity index (χ2v) is 9.78. The van der Waals surface area contributed by atoms with Crippen LogP contribution in [0, 0.1) is 5.92 Å². The van der Waals surface area contributed by atoms with Crippen molar-refractivity contribution in [3.63, 3.8) is 0 Å². The number of hydrogen-bond acceptors (Lipinski definition) is 7. The van der Waals surface area contributed by atoms with Crippen molar-refractivity contribution in [2.75, 3.05) is 6.61 Å². The predicted molar refractivity (Wildman–Crippen MR) is 142 cm³/mol. The molecule has 0 spiro atoms. The Morgan fingerprint density at radius 1 is 0.949 bits per heavy atom. The van der Waals surface area contributed by atoms with Gasteiger partial charge in [-0.1, -0.05) is 32.0 Å². The van der Waals surface area contributed by atoms with E-state index in [0.717, 1.165) is 16.5 Å². The molecule has 0 saturated carbocycles. The van der Waals surface area contributed by atoms with Gasteiger partial charge in [0.15, 0.2) is 0 Å². The minimum atomic E-state index is -1.52. The minimum absolute atomic E-state index is 0.0382. The fourth-order valence-corrected chi connectivity index (χ4v) is 4.17. The molecule has 210 valence electrons. The van der Waals surface area contributed by atoms with E-state index in [0.29, 0.717) is 5.69 Å². The molecule has 0 fully saturated rings. The smallest absolute Gasteiger partial charge is 0.328 e. The van der Waals surface area contributed by atoms with Crippen molar-refractivity contribution in [3.8, 4) is 0 Å². The fraction of sp³-hybridized carbons (Fsp3) is 0.423. The molecule has 1 aromatic carbocycles. The van der Waals surface area contributed by atoms with Crippen LogP contribution in [0.3, 0.4) is 0 Å². The van der Waals surface area contributed by atoms with Gasteiger partial charge in [-0.3, -0.25) is 14.4 Å². The topological polar surface area (TPSA) is 215 Å². The third-order valence-electron chi connectivity index (χ3n) is 6.20. The SMILES string of the molecule is CC(C)CC(NC(=O)C(Cc1cnc[nH]1)NC(=O)C(N)Cc1c[nH]c2ccccc12)C(=O)NC(CO)C(=O)O. The lowest BCUT2D eigenvalue weighted by molar-refractivity contribution is -0.143. The van der Waals surface area contributed by atoms with Gasteiger partial charge in [-0.05, 0) is 30.4 Å². The molecule has 0 aliphatic carbocycles. The number of carboxylic acids is 1. The lowest BCUT2D eigenvalue weighted by Gasteiger charge is -2.25. The molecule has 9 N–H and O–H groups in total. The molecule has 13 heteroatoms. The van der Waals surface area contributed by atoms with Crippen molar-refractivity contribution < 1.29 is 29.4 Å². The number of nitrogens with zero attached hydrogens (tertiary/aromatic N) is 1. The summed E-state index contributed by atoms with van der Waals surface area (Å²) in [5.74, 6) is -3.43. The molecular formula is C26H35N7O6. The summed E-state index contributed by atoms with van der Waals surface area (Å²) >= 11 is 0. The van der Waals surface area contributed by atoms with Gasteiger partial charge >= 0.3 is 5.97 Å². The molecule has 3 rings (SSSR count). The van der Waals surface area contributed by atoms with E-state index in [1.165, 1.54) is 12.5 Å². The molecule has 2 heterocycles. The number of aromatic nitrogens is 3. The number of imidazole rings is 1. The highest BCUT2D eigenvalue weighted by Gasteiger charge is 2.31. The van der Waals surface area contributed by atoms with Gasteiger partial charge in [-0.25, -0.2) is 9.78 Å². The molecule has 0 radical (unpaired) electrons. The number of benzene rings is 1. The average Bonchev–Trinajstić information content (AvgIpc) is 3.56. The van der Waals surface area contributed by atoms with E-state index >= 15 is 0 Å². The van der Waals surface area contributed by atoms with Crippen LogP contribution in [0.2, 0.25) is 0 Å². The summed E-state index contributed by atoms with van der Waals surface area (Å²) in [6.07, 6.45) is 5.20. The van der Waals surface area contributed by atoms with Crippen molar-refractivity contribution in [1.29, 1.82) is 0 Å². The first-order valence-electron chi connectivity index (χ1n) is 12.6. The zero-order chi connectivity index (χ0) is 28.5. The highest BCUT2D eigenvalue weighted by atomic mass is 16.4. The van der Waals surface area contributed by atoms with E-state index in [4.69, 9.17) is 10.8 Å². The highest BCUT2D eigenvalue weighted by Crippen LogP contribution is 2.19. The van der Waals surface area contributed by atoms with Crippen LogP contribution < -0.4 is 21.7 Å². The van der Waals surface area contributed by atoms with Crippen LogP contribution in [0.1, 0.15) is 31.5 Å². The summed E-state index contributed by atoms with van der Waals surface area (Å²) in [7, 11) is 0. The number of H-pyrrole nitrogens is 2. The maximum Gasteiger partial charge on any atom is 0.328 e. The van der Waals surface area contributed by atoms with Gasteiger partial charge in [-0.15, -0.1) is 0 Å². The van der Waals surface area contributed by atoms with E-state index in [-0.39, 0.29) is 25.2 Å². The average molecular weight is 542 g/mol. The Kier molecular flexibility index (Phi) is 10.2. The number of nitrogens with two attached hydrogens (primary N) is 1. The monoisotopic (exact) mass is 541 g/mol. The number of carboxylic acid groups (broad SMARTS) is 1. The van der Waals surface area contributed by atoms with Crippen LogP contribution in [0.15, 0.2) is 43.0 Å². The first-order valence-corrected chi connectivity index (χ1v) is 12.6. The molecular weight excluding hydrogens is 506 g/mol. The molecule has 39 heavy (non-hydrogen) atoms. The molecule has 0 aliphatic rings. The summed E-state index contributed by atoms with van der Waals surface area (Å²) in [6.45, 7) is 2.86. The lowest BCUT2D eigenvalue weighted by atomic mass is 10.0. The van der Waals surface area contributed by atoms with E-state index in [9.17, 15) is 24.3 Å². The summed E-state index contributed by atoms with van der Waals surface area (Å²) in [4.78, 5) is 60.5. The Morgan fingerprint density at radius 3 is 2.26 bits per heavy atom. The Bertz CT molecular complexity index is 1270. The number of aliphatic hydroxyl groups excluding tert-OH is 1. The van der Waals surface area contributed by atoms with Crippen LogP contribution in [0.4, 0.5) is 0 Å². The molecule has 4 unspecified atom stereocenters. The van der Waals surface area contributed by atoms with E-state index in [1.54, 1.807) is 6.20 Å². The molecule has 0 saturated heterocycles. The number of carbonyl (C=O) groups is 4. The number of fused-ring (bicyclic) bond motifs is 1. The number of amides is 3. The summed E-state index contributed by atoms with van der Waals surface area (Å²) in [5, 5.41) is 26.9. The Hall–Kier alpha value is -4.23. The zero-order valence-corrected chi connectivity index (χ0v) is 21.8. The zero-order valence-electron chi connectivity index (χ0n) is 21.8. The van der Waals surface area contributed by atoms with Crippen LogP contribution in [-0.2, 0) is 32.0 Å². The van der Waals surface area contributed by atoms with Gasteiger partial charge in [0.25, 0.3) is 0 Å². The highest BCUT2D eigenvalue weighted by molar-refractivity contribution is 5.94. The number of aliphatic carboxylic acids is 1. The van der Waals surface area contributed by atoms with Gasteiger partial charge in [0, 0.05) is 35.4 Å². The van der Waals surface area contributed by atoms with Crippen LogP contribution in [-0.4, -0.2) is 79.6 Å². The van der Waals surface area contributed by atoms with Gasteiger partial charge in [-0.2, -0.15) is 0 Å². The molecule has 0 bridgehead atoms. The van der Waals surface area contributed by atoms with E-state index in [1.807, 2.05) is 38.1 Å². The molecule has 0 aliphatic heterocycles. The van der Waals surface area contributed by atoms with Crippen molar-refractivity contribution >= 4 is 34.6 Å². The third kappa shape index (κ3) is 8.12. The van der Waals surface area contributed by atoms with E-state index in [2.05, 4.69) is 30.9 Å². The number of nitrogens with one attached hydrogen (secondary N) is 5. The van der Waals surface area contributed by atoms with Gasteiger partial charge in [0.2, 0.25) is 17.7 Å². The Morgan fingerprint density at radius 2 is 1.62 bits per heavy atom. The summed E-state index contributed by atoms with van der Waals surface area (Å²) in [6, 6.07) is 2.92. The minimum Gasteiger partial charge on any atom is -0.480 e. The standard InChI is InChI=1S/C26H35N7O6/c1-14(2)7-20(24(36)33-22(12-34)26(38)39)32-25(37)21(9-16-11-28-13-30-16)31-23(35)18(27)8-15-10-29-19-6-4-3-5-17(15)19/h3-6,10-11,13-14,18,20-22,29,34H,7-9,12,27H2,1-2H3,(H,28,30)(H,31,35)(H,32,37)(H,33,36)(H,38,39). The lowest BCUT2D eigenvalue weighted by Crippen LogP contribution is -2.58. The Labute approximate surface area is 225 Å². The molecule has 2 aromatic heterocycles. The molecule has 4 atom stereocenters. The van der Waals surface area contributed by atoms with Crippen LogP contribution >= 0.6 is 0 Å². The number of para-hydroxylation sites is 1. The number of hydrogen-bond donors (Lipinski definition) is 8. The quantitative estimate of drug-likeness (QED) is 0.134. The third-order valence-corrected chi connectivity index (χ3v) is 6.20. The predicted octanol–water partition coefficient (Wildman–Crippen LogP) is -0.419. The fourth-order valence-electron chi connectivity index (χ4n) is 4.17. The van der Waals surface area contributed by atoms with Crippen molar-refractivity contribution in [2.45, 2.75) is 57.3 Å². The van der Waals surface area contributed by atoms with Crippen molar-refractivity contribution in [2.24, 2.45) is 11.7 Å². The van der Waals surface area contributed by atoms with Gasteiger partial charge < -0.3 is 41.9 Å². The number of aromatic amines is 2. The maximum absolute atomic E-state index is 13.4. The number of aliphatic hydroxyl groups is 1. The van der Waals surface area contributed by atoms with Crippen LogP contribution in [0.5, 0.6) is 0 Å². The first kappa shape index (κ1) is 29.3. The first-order chi connectivity index (χ1) is 18.6. The summed E-state index contributed by atoms with van der Waals surface area (Å²) < 4.78 is 0. The van der Waals surface area contributed by atoms with Gasteiger partial charge in [0.1, 0.15) is 18.1 Å². The van der Waals surface area contributed by atoms with Crippen LogP contribution in [0.25, 0.3) is 10.9 Å². The summed E-state index contributed by atoms with van der Waals surface area (Å²) in [5.41, 5.74) is 8.55. The molecule has 3 amide bonds.